The maximum atomic E-state index is 12.8. The number of carbonyl (C=O) groups is 2. The zero-order valence-electron chi connectivity index (χ0n) is 37.8. The lowest BCUT2D eigenvalue weighted by Gasteiger charge is -2.40. The van der Waals surface area contributed by atoms with Crippen LogP contribution in [0.4, 0.5) is 0 Å². The lowest BCUT2D eigenvalue weighted by Crippen LogP contribution is -2.60. The lowest BCUT2D eigenvalue weighted by molar-refractivity contribution is -0.297. The fourth-order valence-electron chi connectivity index (χ4n) is 6.96. The van der Waals surface area contributed by atoms with Gasteiger partial charge in [0.1, 0.15) is 36.8 Å². The maximum absolute atomic E-state index is 12.8. The Kier molecular flexibility index (Phi) is 35.4. The van der Waals surface area contributed by atoms with Gasteiger partial charge >= 0.3 is 11.9 Å². The average molecular weight is 885 g/mol. The molecule has 0 aromatic heterocycles. The molecule has 1 fully saturated rings. The molecule has 0 aliphatic carbocycles. The lowest BCUT2D eigenvalue weighted by atomic mass is 10.00. The van der Waals surface area contributed by atoms with Gasteiger partial charge < -0.3 is 34.3 Å². The van der Waals surface area contributed by atoms with Crippen molar-refractivity contribution in [2.45, 2.75) is 224 Å². The largest absolute Gasteiger partial charge is 0.462 e. The molecule has 1 heterocycles. The topological polar surface area (TPSA) is 186 Å². The Morgan fingerprint density at radius 3 is 1.51 bits per heavy atom. The van der Waals surface area contributed by atoms with Crippen molar-refractivity contribution in [2.24, 2.45) is 0 Å². The van der Waals surface area contributed by atoms with Gasteiger partial charge in [-0.25, -0.2) is 0 Å². The van der Waals surface area contributed by atoms with Gasteiger partial charge in [-0.15, -0.1) is 0 Å². The minimum atomic E-state index is -4.61. The van der Waals surface area contributed by atoms with Crippen LogP contribution in [0.2, 0.25) is 0 Å². The first-order valence-electron chi connectivity index (χ1n) is 23.7. The molecule has 0 amide bonds. The molecule has 1 aliphatic rings. The summed E-state index contributed by atoms with van der Waals surface area (Å²) in [5, 5.41) is 30.9. The van der Waals surface area contributed by atoms with E-state index in [0.29, 0.717) is 19.3 Å². The normalized spacial score (nSPS) is 20.4. The van der Waals surface area contributed by atoms with Gasteiger partial charge in [0.2, 0.25) is 0 Å². The molecule has 2 unspecified atom stereocenters. The number of carbonyl (C=O) groups excluding carboxylic acids is 2. The van der Waals surface area contributed by atoms with E-state index >= 15 is 0 Å². The maximum Gasteiger partial charge on any atom is 0.306 e. The molecule has 354 valence electrons. The van der Waals surface area contributed by atoms with Crippen LogP contribution in [0.15, 0.2) is 48.6 Å². The summed E-state index contributed by atoms with van der Waals surface area (Å²) >= 11 is 0. The van der Waals surface area contributed by atoms with E-state index in [2.05, 4.69) is 56.4 Å². The summed E-state index contributed by atoms with van der Waals surface area (Å²) in [6.45, 7) is 3.69. The zero-order chi connectivity index (χ0) is 44.8. The van der Waals surface area contributed by atoms with Gasteiger partial charge in [-0.1, -0.05) is 172 Å². The van der Waals surface area contributed by atoms with Crippen LogP contribution in [0.3, 0.4) is 0 Å². The second-order valence-electron chi connectivity index (χ2n) is 16.4. The SMILES string of the molecule is CCCCC/C=C/C/C=C/C/C=C/C/C=C/CCCC(=O)OC[C@H](CO[C@H]1O[C@H](CS(=O)(=O)O)[C@@H](O)C(O)C1O)OC(=O)CCCCCCCCCCCCCCCCCC. The molecule has 0 radical (unpaired) electrons. The fourth-order valence-corrected chi connectivity index (χ4v) is 7.65. The van der Waals surface area contributed by atoms with E-state index in [1.165, 1.54) is 96.3 Å². The van der Waals surface area contributed by atoms with Crippen LogP contribution >= 0.6 is 0 Å². The molecule has 0 aromatic carbocycles. The van der Waals surface area contributed by atoms with Gasteiger partial charge in [-0.3, -0.25) is 14.1 Å². The minimum Gasteiger partial charge on any atom is -0.462 e. The highest BCUT2D eigenvalue weighted by molar-refractivity contribution is 7.85. The molecule has 0 saturated carbocycles. The number of allylic oxidation sites excluding steroid dienone is 8. The van der Waals surface area contributed by atoms with E-state index in [0.717, 1.165) is 44.9 Å². The molecule has 12 nitrogen and oxygen atoms in total. The summed E-state index contributed by atoms with van der Waals surface area (Å²) in [6.07, 6.45) is 35.8. The van der Waals surface area contributed by atoms with Crippen LogP contribution in [-0.2, 0) is 38.7 Å². The van der Waals surface area contributed by atoms with Crippen molar-refractivity contribution in [3.05, 3.63) is 48.6 Å². The van der Waals surface area contributed by atoms with Gasteiger partial charge in [-0.2, -0.15) is 8.42 Å². The number of aliphatic hydroxyl groups excluding tert-OH is 3. The highest BCUT2D eigenvalue weighted by Crippen LogP contribution is 2.24. The molecule has 0 bridgehead atoms. The standard InChI is InChI=1S/C48H84O12S/c1-3-5-7-9-11-13-15-17-19-21-23-24-26-28-30-32-34-36-43(49)57-38-41(39-58-48-47(53)46(52)45(51)42(60-48)40-61(54,55)56)59-44(50)37-35-33-31-29-27-25-22-20-18-16-14-12-10-8-6-4-2/h11,13,17,19,23-24,28,30,41-42,45-48,51-53H,3-10,12,14-16,18,20-22,25-27,29,31-40H2,1-2H3,(H,54,55,56)/b13-11+,19-17+,24-23+,30-28+/t41-,42-,45-,46?,47?,48+/m1/s1. The average Bonchev–Trinajstić information content (AvgIpc) is 3.22. The van der Waals surface area contributed by atoms with E-state index in [4.69, 9.17) is 18.9 Å². The Labute approximate surface area is 369 Å². The molecule has 1 saturated heterocycles. The second-order valence-corrected chi connectivity index (χ2v) is 17.9. The third-order valence-electron chi connectivity index (χ3n) is 10.7. The first kappa shape index (κ1) is 56.6. The Hall–Kier alpha value is -2.39. The van der Waals surface area contributed by atoms with Crippen LogP contribution in [0.1, 0.15) is 187 Å². The van der Waals surface area contributed by atoms with Gasteiger partial charge in [0.25, 0.3) is 10.1 Å². The van der Waals surface area contributed by atoms with E-state index in [9.17, 15) is 37.9 Å². The van der Waals surface area contributed by atoms with Gasteiger partial charge in [0.15, 0.2) is 12.4 Å². The summed E-state index contributed by atoms with van der Waals surface area (Å²) in [5.74, 6) is -2.05. The summed E-state index contributed by atoms with van der Waals surface area (Å²) in [6, 6.07) is 0. The predicted octanol–water partition coefficient (Wildman–Crippen LogP) is 9.95. The molecular weight excluding hydrogens is 801 g/mol. The van der Waals surface area contributed by atoms with Gasteiger partial charge in [0.05, 0.1) is 6.61 Å². The van der Waals surface area contributed by atoms with E-state index in [1.807, 2.05) is 6.08 Å². The van der Waals surface area contributed by atoms with Crippen LogP contribution in [-0.4, -0.2) is 96.0 Å². The Bertz CT molecular complexity index is 1310. The van der Waals surface area contributed by atoms with Crippen molar-refractivity contribution < 1.29 is 56.8 Å². The van der Waals surface area contributed by atoms with Crippen molar-refractivity contribution in [3.63, 3.8) is 0 Å². The monoisotopic (exact) mass is 885 g/mol. The molecule has 13 heteroatoms. The predicted molar refractivity (Wildman–Crippen MR) is 242 cm³/mol. The Morgan fingerprint density at radius 1 is 0.557 bits per heavy atom. The van der Waals surface area contributed by atoms with E-state index < -0.39 is 71.2 Å². The molecular formula is C48H84O12S. The molecule has 0 aromatic rings. The van der Waals surface area contributed by atoms with Crippen LogP contribution < -0.4 is 0 Å². The quantitative estimate of drug-likeness (QED) is 0.0198. The van der Waals surface area contributed by atoms with Crippen molar-refractivity contribution in [3.8, 4) is 0 Å². The highest BCUT2D eigenvalue weighted by Gasteiger charge is 2.46. The number of aliphatic hydroxyl groups is 3. The summed E-state index contributed by atoms with van der Waals surface area (Å²) in [5.41, 5.74) is 0. The third kappa shape index (κ3) is 32.9. The van der Waals surface area contributed by atoms with Gasteiger partial charge in [0, 0.05) is 12.8 Å². The number of unbranched alkanes of at least 4 members (excludes halogenated alkanes) is 19. The molecule has 1 rings (SSSR count). The van der Waals surface area contributed by atoms with Crippen molar-refractivity contribution in [1.29, 1.82) is 0 Å². The van der Waals surface area contributed by atoms with Crippen LogP contribution in [0, 0.1) is 0 Å². The first-order valence-corrected chi connectivity index (χ1v) is 25.3. The van der Waals surface area contributed by atoms with Crippen molar-refractivity contribution in [1.82, 2.24) is 0 Å². The number of ether oxygens (including phenoxy) is 4. The third-order valence-corrected chi connectivity index (χ3v) is 11.4. The molecule has 61 heavy (non-hydrogen) atoms. The molecule has 4 N–H and O–H groups in total. The Balaban J connectivity index is 2.46. The van der Waals surface area contributed by atoms with Crippen LogP contribution in [0.5, 0.6) is 0 Å². The number of hydrogen-bond donors (Lipinski definition) is 4. The molecule has 0 spiro atoms. The van der Waals surface area contributed by atoms with E-state index in [-0.39, 0.29) is 19.4 Å². The van der Waals surface area contributed by atoms with Crippen molar-refractivity contribution >= 4 is 22.1 Å². The molecule has 1 aliphatic heterocycles. The van der Waals surface area contributed by atoms with Crippen LogP contribution in [0.25, 0.3) is 0 Å². The second kappa shape index (κ2) is 38.1. The Morgan fingerprint density at radius 2 is 1.00 bits per heavy atom. The van der Waals surface area contributed by atoms with Gasteiger partial charge in [-0.05, 0) is 51.4 Å². The smallest absolute Gasteiger partial charge is 0.306 e. The fraction of sp³-hybridized carbons (Fsp3) is 0.792. The van der Waals surface area contributed by atoms with Crippen molar-refractivity contribution in [2.75, 3.05) is 19.0 Å². The first-order chi connectivity index (χ1) is 29.5. The number of hydrogen-bond acceptors (Lipinski definition) is 11. The summed E-state index contributed by atoms with van der Waals surface area (Å²) in [7, 11) is -4.61. The number of rotatable bonds is 39. The highest BCUT2D eigenvalue weighted by atomic mass is 32.2. The van der Waals surface area contributed by atoms with E-state index in [1.54, 1.807) is 0 Å². The summed E-state index contributed by atoms with van der Waals surface area (Å²) < 4.78 is 54.1. The molecule has 6 atom stereocenters. The number of esters is 2. The summed E-state index contributed by atoms with van der Waals surface area (Å²) in [4.78, 5) is 25.4. The minimum absolute atomic E-state index is 0.143. The zero-order valence-corrected chi connectivity index (χ0v) is 38.6.